The van der Waals surface area contributed by atoms with E-state index in [2.05, 4.69) is 20.3 Å². The van der Waals surface area contributed by atoms with Gasteiger partial charge in [0.05, 0.1) is 17.5 Å². The molecule has 23 heavy (non-hydrogen) atoms. The van der Waals surface area contributed by atoms with E-state index in [1.54, 1.807) is 12.4 Å². The molecule has 1 atom stereocenters. The molecule has 0 saturated heterocycles. The second-order valence-electron chi connectivity index (χ2n) is 5.62. The van der Waals surface area contributed by atoms with Gasteiger partial charge in [0.1, 0.15) is 0 Å². The molecule has 3 N–H and O–H groups in total. The van der Waals surface area contributed by atoms with Crippen molar-refractivity contribution in [1.82, 2.24) is 9.97 Å². The number of aromatic nitrogens is 2. The minimum absolute atomic E-state index is 0.0140. The summed E-state index contributed by atoms with van der Waals surface area (Å²) >= 11 is 1.34. The Morgan fingerprint density at radius 2 is 2.22 bits per heavy atom. The van der Waals surface area contributed by atoms with E-state index in [1.165, 1.54) is 11.3 Å². The van der Waals surface area contributed by atoms with Crippen LogP contribution in [0.2, 0.25) is 0 Å². The van der Waals surface area contributed by atoms with Crippen LogP contribution < -0.4 is 5.32 Å². The van der Waals surface area contributed by atoms with Gasteiger partial charge in [-0.3, -0.25) is 0 Å². The van der Waals surface area contributed by atoms with Crippen molar-refractivity contribution in [2.75, 3.05) is 11.9 Å². The Morgan fingerprint density at radius 3 is 2.96 bits per heavy atom. The van der Waals surface area contributed by atoms with E-state index in [0.717, 1.165) is 11.1 Å². The zero-order valence-electron chi connectivity index (χ0n) is 12.9. The molecule has 0 bridgehead atoms. The molecule has 6 nitrogen and oxygen atoms in total. The summed E-state index contributed by atoms with van der Waals surface area (Å²) in [5.41, 5.74) is 1.83. The van der Waals surface area contributed by atoms with E-state index >= 15 is 0 Å². The smallest absolute Gasteiger partial charge is 0.231 e. The summed E-state index contributed by atoms with van der Waals surface area (Å²) in [6.45, 7) is 4.05. The van der Waals surface area contributed by atoms with Crippen LogP contribution in [0.5, 0.6) is 5.88 Å². The van der Waals surface area contributed by atoms with Crippen LogP contribution in [0.15, 0.2) is 23.3 Å². The van der Waals surface area contributed by atoms with Crippen LogP contribution in [-0.2, 0) is 0 Å². The van der Waals surface area contributed by atoms with Gasteiger partial charge in [-0.05, 0) is 24.1 Å². The number of anilines is 1. The highest BCUT2D eigenvalue weighted by Gasteiger charge is 2.18. The number of nitrogens with one attached hydrogen (secondary N) is 1. The van der Waals surface area contributed by atoms with Gasteiger partial charge in [0.15, 0.2) is 10.9 Å². The Hall–Kier alpha value is -2.25. The highest BCUT2D eigenvalue weighted by Crippen LogP contribution is 2.35. The van der Waals surface area contributed by atoms with Crippen molar-refractivity contribution in [2.45, 2.75) is 19.9 Å². The standard InChI is InChI=1S/C16H18N4O2S/c1-9(2)12(8-21)19-16-20-15(22)13(23-16)6-10-7-18-14-11(10)4-3-5-17-14/h3-7,9,12,21-22H,8H2,1-2H3,(H,19,20)/t12-/m0/s1. The molecule has 0 aliphatic carbocycles. The SMILES string of the molecule is CC(C)[C@H](CO)Nc1nc(O)c(C=C2C=Nc3ncccc32)s1. The number of hydrogen-bond acceptors (Lipinski definition) is 7. The first-order valence-corrected chi connectivity index (χ1v) is 8.18. The van der Waals surface area contributed by atoms with E-state index in [0.29, 0.717) is 15.8 Å². The lowest BCUT2D eigenvalue weighted by molar-refractivity contribution is 0.249. The number of aliphatic hydroxyl groups is 1. The fraction of sp³-hybridized carbons (Fsp3) is 0.312. The number of thiazole rings is 1. The highest BCUT2D eigenvalue weighted by molar-refractivity contribution is 7.16. The fourth-order valence-corrected chi connectivity index (χ4v) is 3.12. The Bertz CT molecular complexity index is 767. The minimum Gasteiger partial charge on any atom is -0.492 e. The van der Waals surface area contributed by atoms with Crippen LogP contribution in [0.3, 0.4) is 0 Å². The molecular weight excluding hydrogens is 312 g/mol. The number of rotatable bonds is 5. The molecule has 0 aromatic carbocycles. The summed E-state index contributed by atoms with van der Waals surface area (Å²) in [7, 11) is 0. The van der Waals surface area contributed by atoms with Crippen LogP contribution in [0, 0.1) is 5.92 Å². The van der Waals surface area contributed by atoms with Gasteiger partial charge in [0.25, 0.3) is 0 Å². The predicted molar refractivity (Wildman–Crippen MR) is 93.4 cm³/mol. The lowest BCUT2D eigenvalue weighted by atomic mass is 10.1. The lowest BCUT2D eigenvalue weighted by Crippen LogP contribution is -2.29. The van der Waals surface area contributed by atoms with Gasteiger partial charge in [-0.25, -0.2) is 9.98 Å². The molecule has 7 heteroatoms. The van der Waals surface area contributed by atoms with Gasteiger partial charge in [-0.1, -0.05) is 25.2 Å². The van der Waals surface area contributed by atoms with Crippen LogP contribution >= 0.6 is 11.3 Å². The van der Waals surface area contributed by atoms with Crippen molar-refractivity contribution in [2.24, 2.45) is 10.9 Å². The molecule has 2 aromatic rings. The molecule has 0 spiro atoms. The van der Waals surface area contributed by atoms with Gasteiger partial charge < -0.3 is 15.5 Å². The zero-order chi connectivity index (χ0) is 16.4. The lowest BCUT2D eigenvalue weighted by Gasteiger charge is -2.18. The average Bonchev–Trinajstić information content (AvgIpc) is 3.09. The van der Waals surface area contributed by atoms with Crippen molar-refractivity contribution >= 4 is 40.1 Å². The molecule has 0 unspecified atom stereocenters. The molecular formula is C16H18N4O2S. The molecule has 2 aromatic heterocycles. The largest absolute Gasteiger partial charge is 0.492 e. The van der Waals surface area contributed by atoms with E-state index < -0.39 is 0 Å². The average molecular weight is 330 g/mol. The Labute approximate surface area is 138 Å². The first-order valence-electron chi connectivity index (χ1n) is 7.37. The van der Waals surface area contributed by atoms with E-state index in [-0.39, 0.29) is 24.4 Å². The first kappa shape index (κ1) is 15.6. The molecule has 0 amide bonds. The summed E-state index contributed by atoms with van der Waals surface area (Å²) in [4.78, 5) is 13.2. The number of aromatic hydroxyl groups is 1. The third-order valence-electron chi connectivity index (χ3n) is 3.65. The Balaban J connectivity index is 1.85. The van der Waals surface area contributed by atoms with Gasteiger partial charge in [0, 0.05) is 23.5 Å². The third-order valence-corrected chi connectivity index (χ3v) is 4.58. The first-order chi connectivity index (χ1) is 11.1. The summed E-state index contributed by atoms with van der Waals surface area (Å²) in [5, 5.41) is 23.2. The Morgan fingerprint density at radius 1 is 1.39 bits per heavy atom. The normalized spacial score (nSPS) is 16.1. The number of hydrogen-bond donors (Lipinski definition) is 3. The number of aliphatic imine (C=N–C) groups is 1. The molecule has 0 saturated carbocycles. The topological polar surface area (TPSA) is 90.6 Å². The molecule has 1 aliphatic rings. The predicted octanol–water partition coefficient (Wildman–Crippen LogP) is 2.93. The van der Waals surface area contributed by atoms with E-state index in [9.17, 15) is 10.2 Å². The van der Waals surface area contributed by atoms with Gasteiger partial charge in [0.2, 0.25) is 5.88 Å². The summed E-state index contributed by atoms with van der Waals surface area (Å²) in [6, 6.07) is 3.70. The number of nitrogens with zero attached hydrogens (tertiary/aromatic N) is 3. The molecule has 120 valence electrons. The molecule has 0 radical (unpaired) electrons. The summed E-state index contributed by atoms with van der Waals surface area (Å²) in [6.07, 6.45) is 5.28. The second kappa shape index (κ2) is 6.47. The Kier molecular flexibility index (Phi) is 4.40. The molecule has 0 fully saturated rings. The fourth-order valence-electron chi connectivity index (χ4n) is 2.24. The number of pyridine rings is 1. The van der Waals surface area contributed by atoms with Crippen LogP contribution in [0.25, 0.3) is 11.6 Å². The van der Waals surface area contributed by atoms with Crippen molar-refractivity contribution in [1.29, 1.82) is 0 Å². The van der Waals surface area contributed by atoms with Crippen molar-refractivity contribution in [3.05, 3.63) is 28.8 Å². The third kappa shape index (κ3) is 3.25. The second-order valence-corrected chi connectivity index (χ2v) is 6.65. The maximum Gasteiger partial charge on any atom is 0.231 e. The molecule has 3 heterocycles. The quantitative estimate of drug-likeness (QED) is 0.784. The monoisotopic (exact) mass is 330 g/mol. The van der Waals surface area contributed by atoms with Crippen molar-refractivity contribution in [3.8, 4) is 5.88 Å². The minimum atomic E-state index is -0.0981. The van der Waals surface area contributed by atoms with E-state index in [4.69, 9.17) is 0 Å². The van der Waals surface area contributed by atoms with Gasteiger partial charge >= 0.3 is 0 Å². The van der Waals surface area contributed by atoms with E-state index in [1.807, 2.05) is 32.1 Å². The molecule has 3 rings (SSSR count). The number of allylic oxidation sites excluding steroid dienone is 1. The van der Waals surface area contributed by atoms with Crippen LogP contribution in [-0.4, -0.2) is 39.0 Å². The molecule has 1 aliphatic heterocycles. The maximum absolute atomic E-state index is 10.1. The number of fused-ring (bicyclic) bond motifs is 1. The van der Waals surface area contributed by atoms with Crippen molar-refractivity contribution < 1.29 is 10.2 Å². The summed E-state index contributed by atoms with van der Waals surface area (Å²) < 4.78 is 0. The van der Waals surface area contributed by atoms with Crippen molar-refractivity contribution in [3.63, 3.8) is 0 Å². The van der Waals surface area contributed by atoms with Gasteiger partial charge in [-0.2, -0.15) is 4.98 Å². The summed E-state index contributed by atoms with van der Waals surface area (Å²) in [5.74, 6) is 0.908. The zero-order valence-corrected chi connectivity index (χ0v) is 13.7. The van der Waals surface area contributed by atoms with Crippen LogP contribution in [0.4, 0.5) is 10.9 Å². The van der Waals surface area contributed by atoms with Crippen LogP contribution in [0.1, 0.15) is 24.3 Å². The maximum atomic E-state index is 10.1. The van der Waals surface area contributed by atoms with Gasteiger partial charge in [-0.15, -0.1) is 0 Å². The highest BCUT2D eigenvalue weighted by atomic mass is 32.1. The number of aliphatic hydroxyl groups excluding tert-OH is 1.